The largest absolute Gasteiger partial charge is 0.388 e. The van der Waals surface area contributed by atoms with Gasteiger partial charge in [-0.1, -0.05) is 55.0 Å². The van der Waals surface area contributed by atoms with Crippen molar-refractivity contribution in [2.45, 2.75) is 25.7 Å². The number of nitrogens with one attached hydrogen (secondary N) is 1. The maximum Gasteiger partial charge on any atom is 0.283 e. The fourth-order valence-corrected chi connectivity index (χ4v) is 3.96. The molecule has 0 bridgehead atoms. The first kappa shape index (κ1) is 16.8. The maximum atomic E-state index is 13.5. The third kappa shape index (κ3) is 2.80. The van der Waals surface area contributed by atoms with Crippen LogP contribution in [0.4, 0.5) is 0 Å². The molecular weight excluding hydrogens is 348 g/mol. The SMILES string of the molecule is O=c1/c(=C2/CCCCCN2)c2nc(-c3ccccc3)cn2n1-c1ccccc1. The van der Waals surface area contributed by atoms with E-state index in [1.165, 1.54) is 6.42 Å². The van der Waals surface area contributed by atoms with Crippen molar-refractivity contribution in [3.63, 3.8) is 0 Å². The monoisotopic (exact) mass is 370 g/mol. The van der Waals surface area contributed by atoms with Gasteiger partial charge >= 0.3 is 0 Å². The summed E-state index contributed by atoms with van der Waals surface area (Å²) in [5, 5.41) is 4.20. The quantitative estimate of drug-likeness (QED) is 0.590. The maximum absolute atomic E-state index is 13.5. The van der Waals surface area contributed by atoms with E-state index in [0.717, 1.165) is 54.1 Å². The molecule has 2 aromatic carbocycles. The molecule has 1 aliphatic rings. The zero-order valence-corrected chi connectivity index (χ0v) is 15.6. The molecule has 3 heterocycles. The fraction of sp³-hybridized carbons (Fsp3) is 0.217. The van der Waals surface area contributed by atoms with Crippen molar-refractivity contribution in [2.24, 2.45) is 0 Å². The Bertz CT molecular complexity index is 1210. The molecule has 0 amide bonds. The Morgan fingerprint density at radius 3 is 2.43 bits per heavy atom. The average Bonchev–Trinajstić information content (AvgIpc) is 3.13. The van der Waals surface area contributed by atoms with Crippen molar-refractivity contribution in [3.05, 3.63) is 82.4 Å². The van der Waals surface area contributed by atoms with Crippen molar-refractivity contribution >= 4 is 11.3 Å². The molecule has 2 aromatic heterocycles. The van der Waals surface area contributed by atoms with Gasteiger partial charge in [0, 0.05) is 17.8 Å². The van der Waals surface area contributed by atoms with Gasteiger partial charge in [-0.05, 0) is 31.4 Å². The topological polar surface area (TPSA) is 51.3 Å². The van der Waals surface area contributed by atoms with Crippen LogP contribution in [-0.4, -0.2) is 20.7 Å². The van der Waals surface area contributed by atoms with Crippen LogP contribution in [-0.2, 0) is 0 Å². The van der Waals surface area contributed by atoms with Crippen molar-refractivity contribution in [2.75, 3.05) is 6.54 Å². The Balaban J connectivity index is 1.84. The summed E-state index contributed by atoms with van der Waals surface area (Å²) in [5.41, 5.74) is 4.48. The molecule has 5 nitrogen and oxygen atoms in total. The summed E-state index contributed by atoms with van der Waals surface area (Å²) in [5.74, 6) is 0. The molecule has 28 heavy (non-hydrogen) atoms. The summed E-state index contributed by atoms with van der Waals surface area (Å²) in [7, 11) is 0. The first-order valence-electron chi connectivity index (χ1n) is 9.85. The van der Waals surface area contributed by atoms with Gasteiger partial charge in [0.05, 0.1) is 17.6 Å². The zero-order valence-electron chi connectivity index (χ0n) is 15.6. The third-order valence-corrected chi connectivity index (χ3v) is 5.35. The summed E-state index contributed by atoms with van der Waals surface area (Å²) >= 11 is 0. The highest BCUT2D eigenvalue weighted by molar-refractivity contribution is 5.65. The average molecular weight is 370 g/mol. The van der Waals surface area contributed by atoms with Crippen molar-refractivity contribution in [1.29, 1.82) is 0 Å². The Morgan fingerprint density at radius 2 is 1.64 bits per heavy atom. The number of imidazole rings is 1. The van der Waals surface area contributed by atoms with Gasteiger partial charge in [0.1, 0.15) is 5.22 Å². The van der Waals surface area contributed by atoms with Gasteiger partial charge in [-0.15, -0.1) is 0 Å². The smallest absolute Gasteiger partial charge is 0.283 e. The Kier molecular flexibility index (Phi) is 4.20. The summed E-state index contributed by atoms with van der Waals surface area (Å²) in [4.78, 5) is 18.3. The molecule has 4 aromatic rings. The van der Waals surface area contributed by atoms with E-state index in [9.17, 15) is 4.79 Å². The lowest BCUT2D eigenvalue weighted by atomic mass is 10.2. The van der Waals surface area contributed by atoms with Crippen LogP contribution in [0.2, 0.25) is 0 Å². The zero-order chi connectivity index (χ0) is 18.9. The fourth-order valence-electron chi connectivity index (χ4n) is 3.96. The molecule has 0 saturated carbocycles. The van der Waals surface area contributed by atoms with Crippen molar-refractivity contribution in [3.8, 4) is 16.9 Å². The van der Waals surface area contributed by atoms with Crippen LogP contribution in [0.5, 0.6) is 0 Å². The van der Waals surface area contributed by atoms with Crippen LogP contribution in [0.25, 0.3) is 28.3 Å². The molecule has 0 radical (unpaired) electrons. The van der Waals surface area contributed by atoms with Crippen LogP contribution >= 0.6 is 0 Å². The summed E-state index contributed by atoms with van der Waals surface area (Å²) in [6.07, 6.45) is 6.26. The number of para-hydroxylation sites is 1. The van der Waals surface area contributed by atoms with Gasteiger partial charge < -0.3 is 5.32 Å². The molecule has 1 fully saturated rings. The highest BCUT2D eigenvalue weighted by atomic mass is 16.1. The number of benzene rings is 2. The normalized spacial score (nSPS) is 16.7. The predicted molar refractivity (Wildman–Crippen MR) is 111 cm³/mol. The first-order chi connectivity index (χ1) is 13.8. The molecule has 5 rings (SSSR count). The second kappa shape index (κ2) is 7.00. The highest BCUT2D eigenvalue weighted by Gasteiger charge is 2.19. The van der Waals surface area contributed by atoms with Gasteiger partial charge in [-0.3, -0.25) is 4.79 Å². The van der Waals surface area contributed by atoms with E-state index >= 15 is 0 Å². The van der Waals surface area contributed by atoms with Crippen LogP contribution in [0.1, 0.15) is 25.7 Å². The minimum atomic E-state index is -0.0160. The molecule has 1 aliphatic heterocycles. The van der Waals surface area contributed by atoms with Gasteiger partial charge in [0.2, 0.25) is 0 Å². The molecular formula is C23H22N4O. The molecule has 1 saturated heterocycles. The standard InChI is InChI=1S/C23H22N4O/c28-23-21(19-14-8-3-9-15-24-19)22-25-20(17-10-4-1-5-11-17)16-26(22)27(23)18-12-6-2-7-13-18/h1-2,4-7,10-13,16,24H,3,8-9,14-15H2/b21-19-. The number of hydrogen-bond donors (Lipinski definition) is 1. The van der Waals surface area contributed by atoms with Gasteiger partial charge in [0.25, 0.3) is 5.56 Å². The van der Waals surface area contributed by atoms with Gasteiger partial charge in [-0.25, -0.2) is 14.2 Å². The van der Waals surface area contributed by atoms with Crippen LogP contribution in [0.15, 0.2) is 71.7 Å². The number of fused-ring (bicyclic) bond motifs is 1. The van der Waals surface area contributed by atoms with E-state index in [-0.39, 0.29) is 5.56 Å². The summed E-state index contributed by atoms with van der Waals surface area (Å²) in [6, 6.07) is 19.9. The van der Waals surface area contributed by atoms with E-state index in [0.29, 0.717) is 5.22 Å². The minimum Gasteiger partial charge on any atom is -0.388 e. The molecule has 0 atom stereocenters. The molecule has 0 unspecified atom stereocenters. The Hall–Kier alpha value is -3.34. The van der Waals surface area contributed by atoms with E-state index in [1.807, 2.05) is 71.4 Å². The lowest BCUT2D eigenvalue weighted by Gasteiger charge is -2.04. The van der Waals surface area contributed by atoms with E-state index in [4.69, 9.17) is 4.98 Å². The first-order valence-corrected chi connectivity index (χ1v) is 9.85. The Morgan fingerprint density at radius 1 is 0.893 bits per heavy atom. The second-order valence-corrected chi connectivity index (χ2v) is 7.20. The van der Waals surface area contributed by atoms with Crippen LogP contribution in [0.3, 0.4) is 0 Å². The van der Waals surface area contributed by atoms with Crippen LogP contribution < -0.4 is 16.1 Å². The van der Waals surface area contributed by atoms with Crippen LogP contribution in [0, 0.1) is 0 Å². The van der Waals surface area contributed by atoms with Crippen molar-refractivity contribution in [1.82, 2.24) is 19.5 Å². The number of hydrogen-bond acceptors (Lipinski definition) is 3. The molecule has 140 valence electrons. The summed E-state index contributed by atoms with van der Waals surface area (Å²) in [6.45, 7) is 0.906. The van der Waals surface area contributed by atoms with Gasteiger partial charge in [-0.2, -0.15) is 0 Å². The Labute approximate surface area is 162 Å². The summed E-state index contributed by atoms with van der Waals surface area (Å²) < 4.78 is 3.62. The third-order valence-electron chi connectivity index (χ3n) is 5.35. The van der Waals surface area contributed by atoms with Crippen molar-refractivity contribution < 1.29 is 0 Å². The lowest BCUT2D eigenvalue weighted by molar-refractivity contribution is 0.721. The number of nitrogens with zero attached hydrogens (tertiary/aromatic N) is 3. The lowest BCUT2D eigenvalue weighted by Crippen LogP contribution is -2.33. The molecule has 0 aliphatic carbocycles. The van der Waals surface area contributed by atoms with E-state index < -0.39 is 0 Å². The second-order valence-electron chi connectivity index (χ2n) is 7.20. The highest BCUT2D eigenvalue weighted by Crippen LogP contribution is 2.19. The minimum absolute atomic E-state index is 0.0160. The number of rotatable bonds is 2. The van der Waals surface area contributed by atoms with E-state index in [2.05, 4.69) is 5.32 Å². The predicted octanol–water partition coefficient (Wildman–Crippen LogP) is 3.14. The molecule has 0 spiro atoms. The molecule has 5 heteroatoms. The molecule has 1 N–H and O–H groups in total. The number of aromatic nitrogens is 3. The van der Waals surface area contributed by atoms with E-state index in [1.54, 1.807) is 4.68 Å². The van der Waals surface area contributed by atoms with Gasteiger partial charge in [0.15, 0.2) is 5.65 Å².